The van der Waals surface area contributed by atoms with Gasteiger partial charge in [0.15, 0.2) is 11.8 Å². The number of nitrogens with one attached hydrogen (secondary N) is 2. The largest absolute Gasteiger partial charge is 0.494 e. The fourth-order valence-electron chi connectivity index (χ4n) is 2.78. The summed E-state index contributed by atoms with van der Waals surface area (Å²) in [7, 11) is 1.96. The maximum Gasteiger partial charge on any atom is 0.192 e. The molecule has 0 bridgehead atoms. The third-order valence-electron chi connectivity index (χ3n) is 4.49. The molecule has 8 heteroatoms. The zero-order chi connectivity index (χ0) is 20.5. The Labute approximate surface area is 175 Å². The molecule has 2 heterocycles. The lowest BCUT2D eigenvalue weighted by Crippen LogP contribution is -2.38. The number of aryl methyl sites for hydroxylation is 1. The standard InChI is InChI=1S/C21H28N6OS/c1-4-28-18-8-5-7-17(13-18)10-11-22-21(23-14-19-9-6-12-29-19)24-15-20-26-25-16(2)27(20)3/h5-9,12-13H,4,10-11,14-15H2,1-3H3,(H2,22,23,24). The van der Waals surface area contributed by atoms with Gasteiger partial charge in [0.05, 0.1) is 13.2 Å². The van der Waals surface area contributed by atoms with E-state index in [1.807, 2.05) is 37.6 Å². The van der Waals surface area contributed by atoms with Crippen LogP contribution in [0.5, 0.6) is 5.75 Å². The van der Waals surface area contributed by atoms with Crippen LogP contribution in [0.25, 0.3) is 0 Å². The van der Waals surface area contributed by atoms with Gasteiger partial charge in [0.1, 0.15) is 18.1 Å². The van der Waals surface area contributed by atoms with Gasteiger partial charge in [-0.25, -0.2) is 4.99 Å². The molecule has 0 aliphatic heterocycles. The third kappa shape index (κ3) is 6.32. The Bertz CT molecular complexity index is 919. The Morgan fingerprint density at radius 3 is 2.83 bits per heavy atom. The maximum atomic E-state index is 5.58. The molecule has 0 aliphatic rings. The second kappa shape index (κ2) is 10.6. The van der Waals surface area contributed by atoms with Crippen LogP contribution in [-0.4, -0.2) is 33.9 Å². The predicted molar refractivity (Wildman–Crippen MR) is 117 cm³/mol. The average Bonchev–Trinajstić information content (AvgIpc) is 3.35. The normalized spacial score (nSPS) is 11.5. The van der Waals surface area contributed by atoms with E-state index in [1.165, 1.54) is 10.4 Å². The van der Waals surface area contributed by atoms with Crippen LogP contribution in [0.2, 0.25) is 0 Å². The minimum Gasteiger partial charge on any atom is -0.494 e. The van der Waals surface area contributed by atoms with Crippen molar-refractivity contribution in [3.8, 4) is 5.75 Å². The van der Waals surface area contributed by atoms with Crippen LogP contribution in [0.1, 0.15) is 29.0 Å². The van der Waals surface area contributed by atoms with Crippen molar-refractivity contribution in [2.45, 2.75) is 33.4 Å². The number of nitrogens with zero attached hydrogens (tertiary/aromatic N) is 4. The van der Waals surface area contributed by atoms with Crippen molar-refractivity contribution in [2.75, 3.05) is 13.2 Å². The molecule has 0 atom stereocenters. The number of rotatable bonds is 9. The summed E-state index contributed by atoms with van der Waals surface area (Å²) in [5.41, 5.74) is 1.23. The third-order valence-corrected chi connectivity index (χ3v) is 5.36. The summed E-state index contributed by atoms with van der Waals surface area (Å²) in [4.78, 5) is 5.96. The first kappa shape index (κ1) is 20.9. The van der Waals surface area contributed by atoms with Crippen LogP contribution in [0, 0.1) is 6.92 Å². The fourth-order valence-corrected chi connectivity index (χ4v) is 3.42. The molecular formula is C21H28N6OS. The lowest BCUT2D eigenvalue weighted by Gasteiger charge is -2.13. The van der Waals surface area contributed by atoms with Crippen molar-refractivity contribution in [1.82, 2.24) is 25.4 Å². The topological polar surface area (TPSA) is 76.4 Å². The van der Waals surface area contributed by atoms with Gasteiger partial charge in [0.2, 0.25) is 0 Å². The molecule has 3 rings (SSSR count). The van der Waals surface area contributed by atoms with Crippen molar-refractivity contribution in [3.63, 3.8) is 0 Å². The second-order valence-electron chi connectivity index (χ2n) is 6.58. The van der Waals surface area contributed by atoms with Crippen LogP contribution >= 0.6 is 11.3 Å². The first-order valence-corrected chi connectivity index (χ1v) is 10.6. The van der Waals surface area contributed by atoms with Crippen molar-refractivity contribution in [3.05, 3.63) is 63.9 Å². The molecule has 7 nitrogen and oxygen atoms in total. The van der Waals surface area contributed by atoms with Crippen LogP contribution in [0.4, 0.5) is 0 Å². The number of hydrogen-bond acceptors (Lipinski definition) is 5. The van der Waals surface area contributed by atoms with E-state index in [2.05, 4.69) is 50.5 Å². The predicted octanol–water partition coefficient (Wildman–Crippen LogP) is 3.06. The highest BCUT2D eigenvalue weighted by molar-refractivity contribution is 7.09. The van der Waals surface area contributed by atoms with Gasteiger partial charge in [-0.15, -0.1) is 21.5 Å². The molecule has 3 aromatic rings. The average molecular weight is 413 g/mol. The molecular weight excluding hydrogens is 384 g/mol. The first-order chi connectivity index (χ1) is 14.2. The summed E-state index contributed by atoms with van der Waals surface area (Å²) in [5, 5.41) is 17.2. The molecule has 0 radical (unpaired) electrons. The number of hydrogen-bond donors (Lipinski definition) is 2. The van der Waals surface area contributed by atoms with E-state index in [9.17, 15) is 0 Å². The maximum absolute atomic E-state index is 5.58. The molecule has 0 saturated carbocycles. The molecule has 29 heavy (non-hydrogen) atoms. The van der Waals surface area contributed by atoms with Crippen LogP contribution < -0.4 is 15.4 Å². The van der Waals surface area contributed by atoms with E-state index >= 15 is 0 Å². The van der Waals surface area contributed by atoms with Gasteiger partial charge >= 0.3 is 0 Å². The van der Waals surface area contributed by atoms with Crippen LogP contribution in [0.15, 0.2) is 46.8 Å². The van der Waals surface area contributed by atoms with Gasteiger partial charge in [-0.05, 0) is 49.4 Å². The van der Waals surface area contributed by atoms with Gasteiger partial charge in [-0.3, -0.25) is 0 Å². The molecule has 0 fully saturated rings. The van der Waals surface area contributed by atoms with Gasteiger partial charge < -0.3 is 19.9 Å². The summed E-state index contributed by atoms with van der Waals surface area (Å²) < 4.78 is 7.54. The smallest absolute Gasteiger partial charge is 0.192 e. The molecule has 0 aliphatic carbocycles. The number of guanidine groups is 1. The summed E-state index contributed by atoms with van der Waals surface area (Å²) in [6, 6.07) is 12.4. The number of thiophene rings is 1. The van der Waals surface area contributed by atoms with E-state index in [0.717, 1.165) is 42.9 Å². The SMILES string of the molecule is CCOc1cccc(CCNC(=NCc2nnc(C)n2C)NCc2cccs2)c1. The van der Waals surface area contributed by atoms with Crippen LogP contribution in [0.3, 0.4) is 0 Å². The lowest BCUT2D eigenvalue weighted by atomic mass is 10.1. The highest BCUT2D eigenvalue weighted by atomic mass is 32.1. The zero-order valence-corrected chi connectivity index (χ0v) is 18.0. The number of aromatic nitrogens is 3. The van der Waals surface area contributed by atoms with Crippen molar-refractivity contribution >= 4 is 17.3 Å². The minimum absolute atomic E-state index is 0.469. The van der Waals surface area contributed by atoms with E-state index in [0.29, 0.717) is 13.2 Å². The Morgan fingerprint density at radius 1 is 1.21 bits per heavy atom. The molecule has 2 N–H and O–H groups in total. The summed E-state index contributed by atoms with van der Waals surface area (Å²) in [6.07, 6.45) is 0.879. The number of ether oxygens (including phenoxy) is 1. The summed E-state index contributed by atoms with van der Waals surface area (Å²) in [6.45, 7) is 6.58. The lowest BCUT2D eigenvalue weighted by molar-refractivity contribution is 0.340. The molecule has 0 saturated heterocycles. The minimum atomic E-state index is 0.469. The van der Waals surface area contributed by atoms with E-state index < -0.39 is 0 Å². The van der Waals surface area contributed by atoms with Gasteiger partial charge in [-0.1, -0.05) is 18.2 Å². The summed E-state index contributed by atoms with van der Waals surface area (Å²) >= 11 is 1.73. The Hall–Kier alpha value is -2.87. The molecule has 0 spiro atoms. The Balaban J connectivity index is 1.60. The number of benzene rings is 1. The van der Waals surface area contributed by atoms with E-state index in [-0.39, 0.29) is 0 Å². The first-order valence-electron chi connectivity index (χ1n) is 9.77. The van der Waals surface area contributed by atoms with Crippen LogP contribution in [-0.2, 0) is 26.6 Å². The number of aliphatic imine (C=N–C) groups is 1. The summed E-state index contributed by atoms with van der Waals surface area (Å²) in [5.74, 6) is 3.39. The molecule has 154 valence electrons. The molecule has 2 aromatic heterocycles. The van der Waals surface area contributed by atoms with Crippen molar-refractivity contribution < 1.29 is 4.74 Å². The van der Waals surface area contributed by atoms with Crippen molar-refractivity contribution in [2.24, 2.45) is 12.0 Å². The molecule has 1 aromatic carbocycles. The highest BCUT2D eigenvalue weighted by Crippen LogP contribution is 2.13. The molecule has 0 amide bonds. The van der Waals surface area contributed by atoms with E-state index in [4.69, 9.17) is 9.73 Å². The van der Waals surface area contributed by atoms with Gasteiger partial charge in [0.25, 0.3) is 0 Å². The second-order valence-corrected chi connectivity index (χ2v) is 7.61. The quantitative estimate of drug-likeness (QED) is 0.417. The monoisotopic (exact) mass is 412 g/mol. The van der Waals surface area contributed by atoms with Gasteiger partial charge in [0, 0.05) is 18.5 Å². The fraction of sp³-hybridized carbons (Fsp3) is 0.381. The highest BCUT2D eigenvalue weighted by Gasteiger charge is 2.06. The van der Waals surface area contributed by atoms with Crippen molar-refractivity contribution in [1.29, 1.82) is 0 Å². The Morgan fingerprint density at radius 2 is 2.10 bits per heavy atom. The Kier molecular flexibility index (Phi) is 7.63. The van der Waals surface area contributed by atoms with Gasteiger partial charge in [-0.2, -0.15) is 0 Å². The zero-order valence-electron chi connectivity index (χ0n) is 17.2. The molecule has 0 unspecified atom stereocenters. The van der Waals surface area contributed by atoms with E-state index in [1.54, 1.807) is 11.3 Å².